The summed E-state index contributed by atoms with van der Waals surface area (Å²) in [7, 11) is 2.04. The van der Waals surface area contributed by atoms with E-state index in [1.54, 1.807) is 6.07 Å². The van der Waals surface area contributed by atoms with E-state index in [4.69, 9.17) is 5.11 Å². The fourth-order valence-corrected chi connectivity index (χ4v) is 3.23. The molecule has 1 heterocycles. The van der Waals surface area contributed by atoms with E-state index in [1.165, 1.54) is 28.2 Å². The lowest BCUT2D eigenvalue weighted by atomic mass is 10.1. The van der Waals surface area contributed by atoms with Crippen LogP contribution in [0.1, 0.15) is 31.2 Å². The molecule has 0 amide bonds. The normalized spacial score (nSPS) is 10.6. The molecule has 1 aromatic heterocycles. The van der Waals surface area contributed by atoms with Crippen LogP contribution in [0.15, 0.2) is 24.3 Å². The fraction of sp³-hybridized carbons (Fsp3) is 0.312. The van der Waals surface area contributed by atoms with Crippen molar-refractivity contribution < 1.29 is 9.90 Å². The van der Waals surface area contributed by atoms with E-state index in [1.807, 2.05) is 14.0 Å². The van der Waals surface area contributed by atoms with Gasteiger partial charge in [0.05, 0.1) is 0 Å². The molecule has 0 aliphatic carbocycles. The largest absolute Gasteiger partial charge is 0.477 e. The smallest absolute Gasteiger partial charge is 0.345 e. The second-order valence-electron chi connectivity index (χ2n) is 5.14. The van der Waals surface area contributed by atoms with Gasteiger partial charge in [-0.05, 0) is 44.0 Å². The lowest BCUT2D eigenvalue weighted by molar-refractivity contribution is 0.0702. The van der Waals surface area contributed by atoms with E-state index >= 15 is 0 Å². The maximum Gasteiger partial charge on any atom is 0.345 e. The van der Waals surface area contributed by atoms with E-state index in [9.17, 15) is 4.79 Å². The number of aryl methyl sites for hydroxylation is 3. The van der Waals surface area contributed by atoms with Gasteiger partial charge in [0.1, 0.15) is 4.88 Å². The summed E-state index contributed by atoms with van der Waals surface area (Å²) in [6.45, 7) is 6.88. The number of carboxylic acids is 1. The summed E-state index contributed by atoms with van der Waals surface area (Å²) in [5, 5.41) is 9.05. The van der Waals surface area contributed by atoms with E-state index in [0.29, 0.717) is 4.88 Å². The summed E-state index contributed by atoms with van der Waals surface area (Å²) >= 11 is 1.34. The number of carboxylic acid groups (broad SMARTS) is 1. The third-order valence-corrected chi connectivity index (χ3v) is 4.48. The summed E-state index contributed by atoms with van der Waals surface area (Å²) in [5.41, 5.74) is 4.74. The van der Waals surface area contributed by atoms with Crippen LogP contribution >= 0.6 is 11.3 Å². The van der Waals surface area contributed by atoms with Gasteiger partial charge in [0.2, 0.25) is 0 Å². The van der Waals surface area contributed by atoms with Crippen LogP contribution in [0.25, 0.3) is 0 Å². The molecule has 0 radical (unpaired) electrons. The van der Waals surface area contributed by atoms with Gasteiger partial charge in [-0.2, -0.15) is 0 Å². The Hall–Kier alpha value is -1.81. The molecule has 0 bridgehead atoms. The quantitative estimate of drug-likeness (QED) is 0.924. The van der Waals surface area contributed by atoms with Gasteiger partial charge < -0.3 is 10.0 Å². The minimum absolute atomic E-state index is 0.409. The van der Waals surface area contributed by atoms with E-state index in [0.717, 1.165) is 17.0 Å². The van der Waals surface area contributed by atoms with Gasteiger partial charge >= 0.3 is 5.97 Å². The van der Waals surface area contributed by atoms with E-state index in [-0.39, 0.29) is 0 Å². The Morgan fingerprint density at radius 1 is 1.25 bits per heavy atom. The first-order valence-corrected chi connectivity index (χ1v) is 7.31. The molecule has 3 nitrogen and oxygen atoms in total. The van der Waals surface area contributed by atoms with Gasteiger partial charge in [0.15, 0.2) is 0 Å². The molecule has 0 aliphatic rings. The number of thiophene rings is 1. The molecular formula is C16H19NO2S. The van der Waals surface area contributed by atoms with Crippen LogP contribution in [0, 0.1) is 20.8 Å². The Balaban J connectivity index is 2.23. The highest BCUT2D eigenvalue weighted by atomic mass is 32.1. The second kappa shape index (κ2) is 5.67. The zero-order chi connectivity index (χ0) is 14.9. The molecule has 0 saturated heterocycles. The third kappa shape index (κ3) is 3.02. The van der Waals surface area contributed by atoms with Gasteiger partial charge in [-0.15, -0.1) is 11.3 Å². The lowest BCUT2D eigenvalue weighted by Crippen LogP contribution is -2.17. The van der Waals surface area contributed by atoms with Crippen LogP contribution in [-0.4, -0.2) is 18.1 Å². The Kier molecular flexibility index (Phi) is 4.14. The molecule has 0 atom stereocenters. The van der Waals surface area contributed by atoms with Crippen LogP contribution in [0.5, 0.6) is 0 Å². The number of hydrogen-bond donors (Lipinski definition) is 1. The van der Waals surface area contributed by atoms with Crippen molar-refractivity contribution in [3.63, 3.8) is 0 Å². The molecular weight excluding hydrogens is 270 g/mol. The average molecular weight is 289 g/mol. The van der Waals surface area contributed by atoms with Crippen molar-refractivity contribution in [3.05, 3.63) is 50.7 Å². The molecule has 1 aromatic carbocycles. The fourth-order valence-electron chi connectivity index (χ4n) is 2.36. The first-order chi connectivity index (χ1) is 9.38. The van der Waals surface area contributed by atoms with Crippen molar-refractivity contribution in [2.24, 2.45) is 0 Å². The Morgan fingerprint density at radius 3 is 2.50 bits per heavy atom. The zero-order valence-electron chi connectivity index (χ0n) is 12.2. The van der Waals surface area contributed by atoms with Crippen molar-refractivity contribution in [1.29, 1.82) is 0 Å². The number of benzene rings is 1. The van der Waals surface area contributed by atoms with Gasteiger partial charge in [-0.1, -0.05) is 17.7 Å². The number of carbonyl (C=O) groups is 1. The standard InChI is InChI=1S/C16H19NO2S/c1-10-5-6-14(11(2)7-10)17(4)9-13-8-15(16(18)19)20-12(13)3/h5-8H,9H2,1-4H3,(H,18,19). The summed E-state index contributed by atoms with van der Waals surface area (Å²) in [4.78, 5) is 14.7. The van der Waals surface area contributed by atoms with Crippen molar-refractivity contribution in [2.75, 3.05) is 11.9 Å². The summed E-state index contributed by atoms with van der Waals surface area (Å²) in [5.74, 6) is -0.849. The molecule has 2 rings (SSSR count). The molecule has 0 unspecified atom stereocenters. The summed E-state index contributed by atoms with van der Waals surface area (Å²) in [6.07, 6.45) is 0. The molecule has 0 aliphatic heterocycles. The zero-order valence-corrected chi connectivity index (χ0v) is 13.0. The van der Waals surface area contributed by atoms with Gasteiger partial charge in [0.25, 0.3) is 0 Å². The topological polar surface area (TPSA) is 40.5 Å². The van der Waals surface area contributed by atoms with E-state index < -0.39 is 5.97 Å². The van der Waals surface area contributed by atoms with Crippen molar-refractivity contribution in [1.82, 2.24) is 0 Å². The van der Waals surface area contributed by atoms with E-state index in [2.05, 4.69) is 36.9 Å². The number of rotatable bonds is 4. The monoisotopic (exact) mass is 289 g/mol. The Labute approximate surface area is 123 Å². The average Bonchev–Trinajstić information content (AvgIpc) is 2.71. The second-order valence-corrected chi connectivity index (χ2v) is 6.40. The summed E-state index contributed by atoms with van der Waals surface area (Å²) in [6, 6.07) is 8.16. The number of anilines is 1. The third-order valence-electron chi connectivity index (χ3n) is 3.40. The first-order valence-electron chi connectivity index (χ1n) is 6.49. The van der Waals surface area contributed by atoms with Crippen molar-refractivity contribution >= 4 is 23.0 Å². The van der Waals surface area contributed by atoms with Crippen LogP contribution in [0.2, 0.25) is 0 Å². The summed E-state index contributed by atoms with van der Waals surface area (Å²) < 4.78 is 0. The first kappa shape index (κ1) is 14.6. The highest BCUT2D eigenvalue weighted by molar-refractivity contribution is 7.14. The molecule has 0 fully saturated rings. The lowest BCUT2D eigenvalue weighted by Gasteiger charge is -2.21. The maximum absolute atomic E-state index is 11.0. The molecule has 20 heavy (non-hydrogen) atoms. The molecule has 0 spiro atoms. The predicted molar refractivity (Wildman–Crippen MR) is 84.0 cm³/mol. The minimum Gasteiger partial charge on any atom is -0.477 e. The minimum atomic E-state index is -0.849. The molecule has 2 aromatic rings. The number of nitrogens with zero attached hydrogens (tertiary/aromatic N) is 1. The predicted octanol–water partition coefficient (Wildman–Crippen LogP) is 4.01. The highest BCUT2D eigenvalue weighted by Crippen LogP contribution is 2.26. The Bertz CT molecular complexity index is 646. The Morgan fingerprint density at radius 2 is 1.95 bits per heavy atom. The van der Waals surface area contributed by atoms with Crippen molar-refractivity contribution in [3.8, 4) is 0 Å². The van der Waals surface area contributed by atoms with Gasteiger partial charge in [-0.25, -0.2) is 4.79 Å². The molecule has 1 N–H and O–H groups in total. The maximum atomic E-state index is 11.0. The van der Waals surface area contributed by atoms with Gasteiger partial charge in [-0.3, -0.25) is 0 Å². The number of hydrogen-bond acceptors (Lipinski definition) is 3. The van der Waals surface area contributed by atoms with Crippen LogP contribution in [0.3, 0.4) is 0 Å². The SMILES string of the molecule is Cc1ccc(N(C)Cc2cc(C(=O)O)sc2C)c(C)c1. The molecule has 106 valence electrons. The number of aromatic carboxylic acids is 1. The molecule has 4 heteroatoms. The van der Waals surface area contributed by atoms with Gasteiger partial charge in [0, 0.05) is 24.2 Å². The highest BCUT2D eigenvalue weighted by Gasteiger charge is 2.13. The van der Waals surface area contributed by atoms with Crippen LogP contribution in [0.4, 0.5) is 5.69 Å². The molecule has 0 saturated carbocycles. The van der Waals surface area contributed by atoms with Crippen LogP contribution < -0.4 is 4.90 Å². The van der Waals surface area contributed by atoms with Crippen molar-refractivity contribution in [2.45, 2.75) is 27.3 Å². The van der Waals surface area contributed by atoms with Crippen LogP contribution in [-0.2, 0) is 6.54 Å².